The third-order valence-electron chi connectivity index (χ3n) is 1.85. The molecule has 0 atom stereocenters. The molecule has 1 rings (SSSR count). The summed E-state index contributed by atoms with van der Waals surface area (Å²) in [7, 11) is 0. The van der Waals surface area contributed by atoms with Crippen LogP contribution in [0, 0.1) is 5.92 Å². The van der Waals surface area contributed by atoms with Crippen molar-refractivity contribution in [3.05, 3.63) is 0 Å². The van der Waals surface area contributed by atoms with Gasteiger partial charge in [0, 0.05) is 5.92 Å². The van der Waals surface area contributed by atoms with Gasteiger partial charge in [-0.15, -0.1) is 0 Å². The maximum atomic E-state index is 5.75. The van der Waals surface area contributed by atoms with Gasteiger partial charge >= 0.3 is 0 Å². The molecular formula is C7H12Cl2O2. The average molecular weight is 199 g/mol. The molecule has 0 N–H and O–H groups in total. The predicted octanol–water partition coefficient (Wildman–Crippen LogP) is 2.19. The first-order valence-corrected chi connectivity index (χ1v) is 4.53. The fourth-order valence-electron chi connectivity index (χ4n) is 1.16. The topological polar surface area (TPSA) is 18.5 Å². The van der Waals surface area contributed by atoms with E-state index in [1.54, 1.807) is 0 Å². The molecule has 0 amide bonds. The highest BCUT2D eigenvalue weighted by Crippen LogP contribution is 2.36. The summed E-state index contributed by atoms with van der Waals surface area (Å²) >= 11 is 11.5. The van der Waals surface area contributed by atoms with Gasteiger partial charge in [-0.3, -0.25) is 0 Å². The lowest BCUT2D eigenvalue weighted by Gasteiger charge is -2.32. The van der Waals surface area contributed by atoms with E-state index >= 15 is 0 Å². The predicted molar refractivity (Wildman–Crippen MR) is 45.0 cm³/mol. The molecule has 0 radical (unpaired) electrons. The van der Waals surface area contributed by atoms with Crippen molar-refractivity contribution in [1.82, 2.24) is 0 Å². The molecule has 0 aromatic rings. The van der Waals surface area contributed by atoms with Gasteiger partial charge in [-0.25, -0.2) is 0 Å². The lowest BCUT2D eigenvalue weighted by molar-refractivity contribution is -0.176. The van der Waals surface area contributed by atoms with Gasteiger partial charge in [0.2, 0.25) is 5.79 Å². The lowest BCUT2D eigenvalue weighted by atomic mass is 10.1. The van der Waals surface area contributed by atoms with Crippen molar-refractivity contribution in [2.24, 2.45) is 5.92 Å². The number of halogens is 2. The second-order valence-corrected chi connectivity index (χ2v) is 3.97. The monoisotopic (exact) mass is 198 g/mol. The van der Waals surface area contributed by atoms with Crippen LogP contribution in [0.15, 0.2) is 0 Å². The summed E-state index contributed by atoms with van der Waals surface area (Å²) in [5.74, 6) is -0.603. The Hall–Kier alpha value is 0.500. The van der Waals surface area contributed by atoms with Crippen molar-refractivity contribution in [3.63, 3.8) is 0 Å². The molecule has 0 unspecified atom stereocenters. The minimum absolute atomic E-state index is 0.171. The number of hydrogen-bond acceptors (Lipinski definition) is 2. The number of hydrogen-bond donors (Lipinski definition) is 0. The minimum Gasteiger partial charge on any atom is -0.345 e. The summed E-state index contributed by atoms with van der Waals surface area (Å²) in [4.78, 5) is -0.620. The largest absolute Gasteiger partial charge is 0.345 e. The van der Waals surface area contributed by atoms with Crippen LogP contribution in [0.25, 0.3) is 0 Å². The van der Waals surface area contributed by atoms with Crippen molar-refractivity contribution in [3.8, 4) is 0 Å². The average Bonchev–Trinajstić information content (AvgIpc) is 2.34. The van der Waals surface area contributed by atoms with Crippen LogP contribution >= 0.6 is 23.2 Å². The summed E-state index contributed by atoms with van der Waals surface area (Å²) < 4.78 is 10.8. The van der Waals surface area contributed by atoms with Crippen LogP contribution in [0.3, 0.4) is 0 Å². The third-order valence-corrected chi connectivity index (χ3v) is 2.46. The molecule has 0 spiro atoms. The summed E-state index contributed by atoms with van der Waals surface area (Å²) in [5, 5.41) is 0. The molecule has 0 aromatic heterocycles. The van der Waals surface area contributed by atoms with Gasteiger partial charge in [-0.2, -0.15) is 0 Å². The molecule has 1 heterocycles. The zero-order chi connectivity index (χ0) is 8.48. The normalized spacial score (nSPS) is 23.5. The van der Waals surface area contributed by atoms with Gasteiger partial charge in [-0.05, 0) is 0 Å². The first-order valence-electron chi connectivity index (χ1n) is 3.65. The molecule has 4 heteroatoms. The summed E-state index contributed by atoms with van der Waals surface area (Å²) in [5.41, 5.74) is 0. The molecule has 0 aliphatic carbocycles. The molecule has 11 heavy (non-hydrogen) atoms. The Morgan fingerprint density at radius 3 is 1.82 bits per heavy atom. The Kier molecular flexibility index (Phi) is 3.03. The quantitative estimate of drug-likeness (QED) is 0.634. The van der Waals surface area contributed by atoms with Gasteiger partial charge in [0.15, 0.2) is 4.84 Å². The molecule has 0 bridgehead atoms. The first-order chi connectivity index (χ1) is 5.09. The van der Waals surface area contributed by atoms with Crippen molar-refractivity contribution in [2.45, 2.75) is 24.5 Å². The van der Waals surface area contributed by atoms with Crippen molar-refractivity contribution >= 4 is 23.2 Å². The van der Waals surface area contributed by atoms with E-state index in [1.165, 1.54) is 0 Å². The van der Waals surface area contributed by atoms with Gasteiger partial charge in [0.05, 0.1) is 13.2 Å². The second-order valence-electron chi connectivity index (χ2n) is 2.87. The van der Waals surface area contributed by atoms with Crippen LogP contribution in [0.4, 0.5) is 0 Å². The van der Waals surface area contributed by atoms with Crippen LogP contribution in [0.5, 0.6) is 0 Å². The Balaban J connectivity index is 2.70. The fraction of sp³-hybridized carbons (Fsp3) is 1.00. The van der Waals surface area contributed by atoms with Gasteiger partial charge in [0.1, 0.15) is 0 Å². The third kappa shape index (κ3) is 1.64. The van der Waals surface area contributed by atoms with E-state index < -0.39 is 10.6 Å². The van der Waals surface area contributed by atoms with E-state index in [-0.39, 0.29) is 5.92 Å². The molecular weight excluding hydrogens is 187 g/mol. The summed E-state index contributed by atoms with van der Waals surface area (Å²) in [6.07, 6.45) is 0. The van der Waals surface area contributed by atoms with Gasteiger partial charge in [-0.1, -0.05) is 37.0 Å². The van der Waals surface area contributed by atoms with Gasteiger partial charge < -0.3 is 9.47 Å². The van der Waals surface area contributed by atoms with Crippen molar-refractivity contribution in [2.75, 3.05) is 13.2 Å². The zero-order valence-corrected chi connectivity index (χ0v) is 8.15. The maximum absolute atomic E-state index is 5.75. The first kappa shape index (κ1) is 9.59. The van der Waals surface area contributed by atoms with E-state index in [0.717, 1.165) is 0 Å². The molecule has 1 aliphatic heterocycles. The molecule has 2 nitrogen and oxygen atoms in total. The number of alkyl halides is 2. The summed E-state index contributed by atoms with van der Waals surface area (Å²) in [6, 6.07) is 0. The van der Waals surface area contributed by atoms with Gasteiger partial charge in [0.25, 0.3) is 0 Å². The highest BCUT2D eigenvalue weighted by Gasteiger charge is 2.45. The smallest absolute Gasteiger partial charge is 0.201 e. The highest BCUT2D eigenvalue weighted by atomic mass is 35.5. The van der Waals surface area contributed by atoms with E-state index in [0.29, 0.717) is 13.2 Å². The van der Waals surface area contributed by atoms with Crippen molar-refractivity contribution < 1.29 is 9.47 Å². The van der Waals surface area contributed by atoms with E-state index in [9.17, 15) is 0 Å². The van der Waals surface area contributed by atoms with Crippen LogP contribution in [-0.2, 0) is 9.47 Å². The molecule has 66 valence electrons. The van der Waals surface area contributed by atoms with Crippen LogP contribution in [-0.4, -0.2) is 23.8 Å². The van der Waals surface area contributed by atoms with Crippen LogP contribution < -0.4 is 0 Å². The Morgan fingerprint density at radius 2 is 1.64 bits per heavy atom. The Morgan fingerprint density at radius 1 is 1.18 bits per heavy atom. The minimum atomic E-state index is -0.775. The highest BCUT2D eigenvalue weighted by molar-refractivity contribution is 6.45. The fourth-order valence-corrected chi connectivity index (χ4v) is 1.91. The van der Waals surface area contributed by atoms with Crippen molar-refractivity contribution in [1.29, 1.82) is 0 Å². The van der Waals surface area contributed by atoms with E-state index in [1.807, 2.05) is 13.8 Å². The zero-order valence-electron chi connectivity index (χ0n) is 6.64. The Bertz CT molecular complexity index is 120. The number of rotatable bonds is 2. The summed E-state index contributed by atoms with van der Waals surface area (Å²) in [6.45, 7) is 5.11. The standard InChI is InChI=1S/C7H12Cl2O2/c1-5(2)7(6(8)9)10-3-4-11-7/h5-6H,3-4H2,1-2H3. The van der Waals surface area contributed by atoms with E-state index in [2.05, 4.69) is 0 Å². The van der Waals surface area contributed by atoms with E-state index in [4.69, 9.17) is 32.7 Å². The van der Waals surface area contributed by atoms with Crippen LogP contribution in [0.1, 0.15) is 13.8 Å². The number of ether oxygens (including phenoxy) is 2. The molecule has 1 aliphatic rings. The molecule has 1 saturated heterocycles. The molecule has 0 aromatic carbocycles. The Labute approximate surface area is 76.8 Å². The SMILES string of the molecule is CC(C)C1(C(Cl)Cl)OCCO1. The lowest BCUT2D eigenvalue weighted by Crippen LogP contribution is -2.42. The van der Waals surface area contributed by atoms with Crippen LogP contribution in [0.2, 0.25) is 0 Å². The maximum Gasteiger partial charge on any atom is 0.201 e. The molecule has 1 fully saturated rings. The molecule has 0 saturated carbocycles. The second kappa shape index (κ2) is 3.48.